The van der Waals surface area contributed by atoms with Crippen molar-refractivity contribution in [2.24, 2.45) is 0 Å². The molecule has 176 valence electrons. The summed E-state index contributed by atoms with van der Waals surface area (Å²) in [7, 11) is 0. The Morgan fingerprint density at radius 1 is 1.03 bits per heavy atom. The number of nitrogens with one attached hydrogen (secondary N) is 2. The van der Waals surface area contributed by atoms with Crippen LogP contribution in [0.25, 0.3) is 0 Å². The van der Waals surface area contributed by atoms with Crippen LogP contribution in [0.1, 0.15) is 49.6 Å². The summed E-state index contributed by atoms with van der Waals surface area (Å²) >= 11 is 1.52. The highest BCUT2D eigenvalue weighted by Crippen LogP contribution is 2.38. The quantitative estimate of drug-likeness (QED) is 0.552. The van der Waals surface area contributed by atoms with Gasteiger partial charge in [-0.2, -0.15) is 0 Å². The minimum absolute atomic E-state index is 0.176. The lowest BCUT2D eigenvalue weighted by molar-refractivity contribution is 0.0342. The van der Waals surface area contributed by atoms with Crippen LogP contribution in [0.15, 0.2) is 48.8 Å². The summed E-state index contributed by atoms with van der Waals surface area (Å²) in [5.74, 6) is -0.433. The maximum Gasteiger partial charge on any atom is 0.258 e. The van der Waals surface area contributed by atoms with E-state index in [0.29, 0.717) is 16.1 Å². The Balaban J connectivity index is 1.36. The first-order valence-corrected chi connectivity index (χ1v) is 12.6. The van der Waals surface area contributed by atoms with Crippen molar-refractivity contribution < 1.29 is 14.3 Å². The van der Waals surface area contributed by atoms with Gasteiger partial charge in [0.1, 0.15) is 5.00 Å². The lowest BCUT2D eigenvalue weighted by Crippen LogP contribution is -2.35. The second-order valence-corrected chi connectivity index (χ2v) is 9.76. The Morgan fingerprint density at radius 2 is 1.88 bits per heavy atom. The zero-order valence-electron chi connectivity index (χ0n) is 19.0. The Bertz CT molecular complexity index is 1170. The van der Waals surface area contributed by atoms with E-state index in [0.717, 1.165) is 75.3 Å². The van der Waals surface area contributed by atoms with E-state index in [2.05, 4.69) is 26.6 Å². The summed E-state index contributed by atoms with van der Waals surface area (Å²) < 4.78 is 5.44. The van der Waals surface area contributed by atoms with Gasteiger partial charge >= 0.3 is 0 Å². The van der Waals surface area contributed by atoms with E-state index in [-0.39, 0.29) is 11.8 Å². The van der Waals surface area contributed by atoms with Crippen LogP contribution in [0.5, 0.6) is 0 Å². The van der Waals surface area contributed by atoms with Crippen molar-refractivity contribution in [3.05, 3.63) is 75.9 Å². The Morgan fingerprint density at radius 3 is 2.71 bits per heavy atom. The third kappa shape index (κ3) is 5.19. The summed E-state index contributed by atoms with van der Waals surface area (Å²) in [5, 5.41) is 6.68. The van der Waals surface area contributed by atoms with Gasteiger partial charge in [0.25, 0.3) is 11.8 Å². The highest BCUT2D eigenvalue weighted by atomic mass is 32.1. The first-order valence-electron chi connectivity index (χ1n) is 11.7. The average molecular weight is 477 g/mol. The van der Waals surface area contributed by atoms with Gasteiger partial charge in [-0.1, -0.05) is 12.1 Å². The number of hydrogen-bond acceptors (Lipinski definition) is 6. The monoisotopic (exact) mass is 476 g/mol. The highest BCUT2D eigenvalue weighted by Gasteiger charge is 2.27. The molecule has 5 rings (SSSR count). The standard InChI is InChI=1S/C26H28N4O3S/c31-24(19-6-4-10-27-16-19)29-26-23(21-8-1-2-9-22(21)34-26)25(32)28-20-7-3-5-18(15-20)17-30-11-13-33-14-12-30/h3-7,10,15-16H,1-2,8-9,11-14,17H2,(H,28,32)(H,29,31). The molecular formula is C26H28N4O3S. The number of nitrogens with zero attached hydrogens (tertiary/aromatic N) is 2. The topological polar surface area (TPSA) is 83.6 Å². The maximum absolute atomic E-state index is 13.5. The second kappa shape index (κ2) is 10.5. The van der Waals surface area contributed by atoms with Crippen LogP contribution in [-0.4, -0.2) is 48.0 Å². The number of fused-ring (bicyclic) bond motifs is 1. The molecule has 8 heteroatoms. The molecule has 2 aromatic heterocycles. The summed E-state index contributed by atoms with van der Waals surface area (Å²) in [5.41, 5.74) is 4.04. The molecule has 0 atom stereocenters. The molecule has 0 spiro atoms. The molecule has 3 aromatic rings. The molecule has 1 aliphatic carbocycles. The number of amides is 2. The van der Waals surface area contributed by atoms with E-state index in [4.69, 9.17) is 4.74 Å². The smallest absolute Gasteiger partial charge is 0.258 e. The molecule has 2 N–H and O–H groups in total. The summed E-state index contributed by atoms with van der Waals surface area (Å²) in [6, 6.07) is 11.4. The van der Waals surface area contributed by atoms with Gasteiger partial charge in [0.05, 0.1) is 24.3 Å². The van der Waals surface area contributed by atoms with Gasteiger partial charge in [0, 0.05) is 42.6 Å². The number of carbonyl (C=O) groups is 2. The van der Waals surface area contributed by atoms with Crippen LogP contribution in [0.3, 0.4) is 0 Å². The largest absolute Gasteiger partial charge is 0.379 e. The molecule has 2 amide bonds. The van der Waals surface area contributed by atoms with E-state index < -0.39 is 0 Å². The second-order valence-electron chi connectivity index (χ2n) is 8.65. The lowest BCUT2D eigenvalue weighted by Gasteiger charge is -2.26. The van der Waals surface area contributed by atoms with E-state index in [1.165, 1.54) is 22.4 Å². The van der Waals surface area contributed by atoms with Gasteiger partial charge in [0.15, 0.2) is 0 Å². The van der Waals surface area contributed by atoms with Gasteiger partial charge in [-0.05, 0) is 61.1 Å². The molecule has 0 bridgehead atoms. The van der Waals surface area contributed by atoms with Crippen molar-refractivity contribution >= 4 is 33.8 Å². The van der Waals surface area contributed by atoms with Crippen LogP contribution in [0.4, 0.5) is 10.7 Å². The number of hydrogen-bond donors (Lipinski definition) is 2. The van der Waals surface area contributed by atoms with Crippen molar-refractivity contribution in [2.45, 2.75) is 32.2 Å². The number of aryl methyl sites for hydroxylation is 1. The molecule has 1 saturated heterocycles. The first-order chi connectivity index (χ1) is 16.7. The number of morpholine rings is 1. The number of aromatic nitrogens is 1. The molecule has 0 unspecified atom stereocenters. The summed E-state index contributed by atoms with van der Waals surface area (Å²) in [6.45, 7) is 4.17. The zero-order chi connectivity index (χ0) is 23.3. The maximum atomic E-state index is 13.5. The number of thiophene rings is 1. The summed E-state index contributed by atoms with van der Waals surface area (Å²) in [6.07, 6.45) is 7.12. The predicted molar refractivity (Wildman–Crippen MR) is 134 cm³/mol. The Kier molecular flexibility index (Phi) is 6.99. The number of anilines is 2. The lowest BCUT2D eigenvalue weighted by atomic mass is 9.95. The molecular weight excluding hydrogens is 448 g/mol. The van der Waals surface area contributed by atoms with Crippen LogP contribution in [0, 0.1) is 0 Å². The molecule has 1 aromatic carbocycles. The molecule has 34 heavy (non-hydrogen) atoms. The Labute approximate surface area is 203 Å². The van der Waals surface area contributed by atoms with Gasteiger partial charge in [-0.15, -0.1) is 11.3 Å². The van der Waals surface area contributed by atoms with Crippen LogP contribution >= 0.6 is 11.3 Å². The minimum Gasteiger partial charge on any atom is -0.379 e. The van der Waals surface area contributed by atoms with Crippen molar-refractivity contribution in [1.29, 1.82) is 0 Å². The van der Waals surface area contributed by atoms with Gasteiger partial charge in [-0.3, -0.25) is 19.5 Å². The number of ether oxygens (including phenoxy) is 1. The zero-order valence-corrected chi connectivity index (χ0v) is 19.8. The minimum atomic E-state index is -0.256. The molecule has 3 heterocycles. The Hall–Kier alpha value is -3.07. The summed E-state index contributed by atoms with van der Waals surface area (Å²) in [4.78, 5) is 33.9. The third-order valence-corrected chi connectivity index (χ3v) is 7.45. The molecule has 7 nitrogen and oxygen atoms in total. The van der Waals surface area contributed by atoms with Gasteiger partial charge < -0.3 is 15.4 Å². The van der Waals surface area contributed by atoms with Crippen molar-refractivity contribution in [1.82, 2.24) is 9.88 Å². The van der Waals surface area contributed by atoms with Crippen LogP contribution in [-0.2, 0) is 24.1 Å². The number of carbonyl (C=O) groups excluding carboxylic acids is 2. The van der Waals surface area contributed by atoms with Gasteiger partial charge in [-0.25, -0.2) is 0 Å². The fourth-order valence-electron chi connectivity index (χ4n) is 4.53. The predicted octanol–water partition coefficient (Wildman–Crippen LogP) is 4.36. The average Bonchev–Trinajstić information content (AvgIpc) is 3.23. The van der Waals surface area contributed by atoms with Crippen molar-refractivity contribution in [2.75, 3.05) is 36.9 Å². The molecule has 0 saturated carbocycles. The first kappa shape index (κ1) is 22.7. The number of benzene rings is 1. The van der Waals surface area contributed by atoms with Crippen molar-refractivity contribution in [3.8, 4) is 0 Å². The molecule has 1 aliphatic heterocycles. The van der Waals surface area contributed by atoms with E-state index in [9.17, 15) is 9.59 Å². The van der Waals surface area contributed by atoms with E-state index >= 15 is 0 Å². The van der Waals surface area contributed by atoms with E-state index in [1.807, 2.05) is 18.2 Å². The fraction of sp³-hybridized carbons (Fsp3) is 0.346. The van der Waals surface area contributed by atoms with E-state index in [1.54, 1.807) is 18.3 Å². The molecule has 2 aliphatic rings. The SMILES string of the molecule is O=C(Nc1sc2c(c1C(=O)Nc1cccc(CN3CCOCC3)c1)CCCC2)c1cccnc1. The number of pyridine rings is 1. The van der Waals surface area contributed by atoms with Crippen LogP contribution < -0.4 is 10.6 Å². The van der Waals surface area contributed by atoms with Crippen LogP contribution in [0.2, 0.25) is 0 Å². The fourth-order valence-corrected chi connectivity index (χ4v) is 5.81. The normalized spacial score (nSPS) is 16.0. The number of rotatable bonds is 6. The highest BCUT2D eigenvalue weighted by molar-refractivity contribution is 7.17. The molecule has 0 radical (unpaired) electrons. The van der Waals surface area contributed by atoms with Gasteiger partial charge in [0.2, 0.25) is 0 Å². The molecule has 1 fully saturated rings. The van der Waals surface area contributed by atoms with Crippen molar-refractivity contribution in [3.63, 3.8) is 0 Å². The third-order valence-electron chi connectivity index (χ3n) is 6.24.